The van der Waals surface area contributed by atoms with Gasteiger partial charge in [0.15, 0.2) is 0 Å². The topological polar surface area (TPSA) is 58.6 Å². The molecule has 0 fully saturated rings. The number of benzene rings is 1. The quantitative estimate of drug-likeness (QED) is 0.840. The summed E-state index contributed by atoms with van der Waals surface area (Å²) in [5.74, 6) is -0.0815. The highest BCUT2D eigenvalue weighted by Gasteiger charge is 2.26. The molecule has 1 aromatic carbocycles. The Morgan fingerprint density at radius 1 is 1.53 bits per heavy atom. The van der Waals surface area contributed by atoms with Crippen LogP contribution in [0, 0.1) is 0 Å². The minimum Gasteiger partial charge on any atom is -0.389 e. The van der Waals surface area contributed by atoms with Crippen LogP contribution in [0.5, 0.6) is 0 Å². The van der Waals surface area contributed by atoms with E-state index in [4.69, 9.17) is 4.74 Å². The minimum atomic E-state index is -0.646. The lowest BCUT2D eigenvalue weighted by Gasteiger charge is -2.25. The number of rotatable bonds is 5. The number of aryl methyl sites for hydroxylation is 1. The molecule has 0 aliphatic heterocycles. The molecule has 104 valence electrons. The van der Waals surface area contributed by atoms with Crippen LogP contribution >= 0.6 is 0 Å². The maximum atomic E-state index is 12.2. The van der Waals surface area contributed by atoms with Crippen LogP contribution in [0.25, 0.3) is 0 Å². The average molecular weight is 263 g/mol. The van der Waals surface area contributed by atoms with Crippen LogP contribution in [-0.2, 0) is 16.0 Å². The number of carbonyl (C=O) groups excluding carboxylic acids is 1. The summed E-state index contributed by atoms with van der Waals surface area (Å²) in [5, 5.41) is 12.4. The number of hydrogen-bond acceptors (Lipinski definition) is 3. The number of methoxy groups -OCH3 is 1. The number of nitrogens with one attached hydrogen (secondary N) is 1. The van der Waals surface area contributed by atoms with Crippen molar-refractivity contribution >= 4 is 5.91 Å². The predicted octanol–water partition coefficient (Wildman–Crippen LogP) is 1.23. The van der Waals surface area contributed by atoms with Crippen molar-refractivity contribution in [3.63, 3.8) is 0 Å². The van der Waals surface area contributed by atoms with Gasteiger partial charge in [0.1, 0.15) is 0 Å². The Morgan fingerprint density at radius 3 is 3.11 bits per heavy atom. The van der Waals surface area contributed by atoms with Gasteiger partial charge in [0, 0.05) is 13.7 Å². The third-order valence-corrected chi connectivity index (χ3v) is 3.56. The zero-order chi connectivity index (χ0) is 13.7. The van der Waals surface area contributed by atoms with E-state index in [0.717, 1.165) is 24.8 Å². The molecule has 2 N–H and O–H groups in total. The van der Waals surface area contributed by atoms with Crippen molar-refractivity contribution in [3.05, 3.63) is 35.4 Å². The SMILES string of the molecule is COCC(O)CNC(=O)C1CCCc2ccccc21. The normalized spacial score (nSPS) is 19.6. The number of amides is 1. The molecule has 0 spiro atoms. The Bertz CT molecular complexity index is 433. The number of carbonyl (C=O) groups is 1. The van der Waals surface area contributed by atoms with Gasteiger partial charge >= 0.3 is 0 Å². The van der Waals surface area contributed by atoms with Gasteiger partial charge in [-0.1, -0.05) is 24.3 Å². The van der Waals surface area contributed by atoms with Gasteiger partial charge in [0.25, 0.3) is 0 Å². The summed E-state index contributed by atoms with van der Waals surface area (Å²) in [6.45, 7) is 0.479. The molecule has 0 saturated heterocycles. The number of aliphatic hydroxyl groups excluding tert-OH is 1. The molecular weight excluding hydrogens is 242 g/mol. The van der Waals surface area contributed by atoms with Gasteiger partial charge < -0.3 is 15.2 Å². The third kappa shape index (κ3) is 3.55. The van der Waals surface area contributed by atoms with Gasteiger partial charge in [-0.25, -0.2) is 0 Å². The summed E-state index contributed by atoms with van der Waals surface area (Å²) in [5.41, 5.74) is 2.40. The van der Waals surface area contributed by atoms with Crippen molar-refractivity contribution in [1.29, 1.82) is 0 Å². The summed E-state index contributed by atoms with van der Waals surface area (Å²) in [6, 6.07) is 8.12. The second-order valence-electron chi connectivity index (χ2n) is 5.00. The summed E-state index contributed by atoms with van der Waals surface area (Å²) in [4.78, 5) is 12.2. The van der Waals surface area contributed by atoms with Crippen molar-refractivity contribution in [1.82, 2.24) is 5.32 Å². The summed E-state index contributed by atoms with van der Waals surface area (Å²) < 4.78 is 4.84. The van der Waals surface area contributed by atoms with Gasteiger partial charge in [-0.2, -0.15) is 0 Å². The first-order valence-electron chi connectivity index (χ1n) is 6.75. The molecule has 0 saturated carbocycles. The fraction of sp³-hybridized carbons (Fsp3) is 0.533. The Labute approximate surface area is 113 Å². The number of hydrogen-bond donors (Lipinski definition) is 2. The Hall–Kier alpha value is -1.39. The zero-order valence-electron chi connectivity index (χ0n) is 11.3. The van der Waals surface area contributed by atoms with Crippen molar-refractivity contribution in [2.75, 3.05) is 20.3 Å². The lowest BCUT2D eigenvalue weighted by molar-refractivity contribution is -0.123. The van der Waals surface area contributed by atoms with E-state index in [-0.39, 0.29) is 25.0 Å². The van der Waals surface area contributed by atoms with Crippen LogP contribution < -0.4 is 5.32 Å². The molecule has 0 heterocycles. The number of fused-ring (bicyclic) bond motifs is 1. The van der Waals surface area contributed by atoms with Crippen LogP contribution in [0.3, 0.4) is 0 Å². The highest BCUT2D eigenvalue weighted by atomic mass is 16.5. The first kappa shape index (κ1) is 14.0. The highest BCUT2D eigenvalue weighted by Crippen LogP contribution is 2.31. The molecule has 19 heavy (non-hydrogen) atoms. The monoisotopic (exact) mass is 263 g/mol. The predicted molar refractivity (Wildman–Crippen MR) is 73.0 cm³/mol. The highest BCUT2D eigenvalue weighted by molar-refractivity contribution is 5.84. The molecule has 2 atom stereocenters. The van der Waals surface area contributed by atoms with Gasteiger partial charge in [0.2, 0.25) is 5.91 Å². The second kappa shape index (κ2) is 6.68. The zero-order valence-corrected chi connectivity index (χ0v) is 11.3. The third-order valence-electron chi connectivity index (χ3n) is 3.56. The fourth-order valence-corrected chi connectivity index (χ4v) is 2.62. The van der Waals surface area contributed by atoms with E-state index in [1.807, 2.05) is 18.2 Å². The molecule has 0 aromatic heterocycles. The molecule has 1 aliphatic carbocycles. The molecule has 1 aromatic rings. The standard InChI is InChI=1S/C15H21NO3/c1-19-10-12(17)9-16-15(18)14-8-4-6-11-5-2-3-7-13(11)14/h2-3,5,7,12,14,17H,4,6,8-10H2,1H3,(H,16,18). The lowest BCUT2D eigenvalue weighted by atomic mass is 9.82. The molecule has 0 radical (unpaired) electrons. The van der Waals surface area contributed by atoms with E-state index in [2.05, 4.69) is 11.4 Å². The van der Waals surface area contributed by atoms with Crippen molar-refractivity contribution in [2.24, 2.45) is 0 Å². The van der Waals surface area contributed by atoms with Crippen LogP contribution in [0.2, 0.25) is 0 Å². The summed E-state index contributed by atoms with van der Waals surface area (Å²) >= 11 is 0. The van der Waals surface area contributed by atoms with E-state index in [1.165, 1.54) is 12.7 Å². The average Bonchev–Trinajstić information content (AvgIpc) is 2.44. The molecule has 1 amide bonds. The van der Waals surface area contributed by atoms with E-state index >= 15 is 0 Å². The number of ether oxygens (including phenoxy) is 1. The number of aliphatic hydroxyl groups is 1. The fourth-order valence-electron chi connectivity index (χ4n) is 2.62. The molecule has 2 unspecified atom stereocenters. The summed E-state index contributed by atoms with van der Waals surface area (Å²) in [6.07, 6.45) is 2.32. The Balaban J connectivity index is 1.97. The molecular formula is C15H21NO3. The maximum absolute atomic E-state index is 12.2. The first-order chi connectivity index (χ1) is 9.22. The van der Waals surface area contributed by atoms with Gasteiger partial charge in [-0.3, -0.25) is 4.79 Å². The van der Waals surface area contributed by atoms with E-state index in [9.17, 15) is 9.90 Å². The van der Waals surface area contributed by atoms with Crippen LogP contribution in [-0.4, -0.2) is 37.4 Å². The minimum absolute atomic E-state index is 0.00213. The second-order valence-corrected chi connectivity index (χ2v) is 5.00. The van der Waals surface area contributed by atoms with Crippen LogP contribution in [0.1, 0.15) is 29.9 Å². The van der Waals surface area contributed by atoms with Crippen LogP contribution in [0.15, 0.2) is 24.3 Å². The van der Waals surface area contributed by atoms with E-state index in [1.54, 1.807) is 0 Å². The smallest absolute Gasteiger partial charge is 0.227 e. The maximum Gasteiger partial charge on any atom is 0.227 e. The van der Waals surface area contributed by atoms with Crippen LogP contribution in [0.4, 0.5) is 0 Å². The molecule has 4 nitrogen and oxygen atoms in total. The van der Waals surface area contributed by atoms with Gasteiger partial charge in [0.05, 0.1) is 18.6 Å². The lowest BCUT2D eigenvalue weighted by Crippen LogP contribution is -2.38. The molecule has 1 aliphatic rings. The largest absolute Gasteiger partial charge is 0.389 e. The van der Waals surface area contributed by atoms with Gasteiger partial charge in [-0.15, -0.1) is 0 Å². The summed E-state index contributed by atoms with van der Waals surface area (Å²) in [7, 11) is 1.53. The Morgan fingerprint density at radius 2 is 2.32 bits per heavy atom. The van der Waals surface area contributed by atoms with Crippen molar-refractivity contribution < 1.29 is 14.6 Å². The molecule has 4 heteroatoms. The van der Waals surface area contributed by atoms with Gasteiger partial charge in [-0.05, 0) is 30.4 Å². The molecule has 0 bridgehead atoms. The Kier molecular flexibility index (Phi) is 4.93. The van der Waals surface area contributed by atoms with E-state index < -0.39 is 6.10 Å². The van der Waals surface area contributed by atoms with E-state index in [0.29, 0.717) is 0 Å². The van der Waals surface area contributed by atoms with Crippen molar-refractivity contribution in [2.45, 2.75) is 31.3 Å². The first-order valence-corrected chi connectivity index (χ1v) is 6.75. The van der Waals surface area contributed by atoms with Crippen molar-refractivity contribution in [3.8, 4) is 0 Å². The molecule has 2 rings (SSSR count).